The van der Waals surface area contributed by atoms with Gasteiger partial charge in [0, 0.05) is 18.2 Å². The predicted octanol–water partition coefficient (Wildman–Crippen LogP) is 1.19. The Morgan fingerprint density at radius 2 is 2.14 bits per heavy atom. The Kier molecular flexibility index (Phi) is 3.24. The lowest BCUT2D eigenvalue weighted by molar-refractivity contribution is -0.383. The number of nitro benzene ring substituents is 1. The molecule has 1 saturated carbocycles. The van der Waals surface area contributed by atoms with Crippen LogP contribution in [0.2, 0.25) is 0 Å². The molecule has 22 heavy (non-hydrogen) atoms. The number of rotatable bonds is 5. The monoisotopic (exact) mass is 322 g/mol. The SMILES string of the molecule is O=C(NCC1(C(=O)O)CC1)c1cc([N+](=O)[O-])c2nsnc2c1. The summed E-state index contributed by atoms with van der Waals surface area (Å²) < 4.78 is 7.74. The number of benzene rings is 1. The number of carboxylic acids is 1. The van der Waals surface area contributed by atoms with Crippen LogP contribution >= 0.6 is 11.7 Å². The van der Waals surface area contributed by atoms with Gasteiger partial charge in [0.2, 0.25) is 0 Å². The minimum Gasteiger partial charge on any atom is -0.481 e. The first kappa shape index (κ1) is 14.3. The molecule has 0 bridgehead atoms. The minimum atomic E-state index is -0.946. The summed E-state index contributed by atoms with van der Waals surface area (Å²) in [6.07, 6.45) is 1.02. The van der Waals surface area contributed by atoms with Crippen molar-refractivity contribution in [3.63, 3.8) is 0 Å². The van der Waals surface area contributed by atoms with E-state index in [9.17, 15) is 19.7 Å². The second-order valence-electron chi connectivity index (χ2n) is 5.15. The molecule has 114 valence electrons. The molecule has 1 aromatic heterocycles. The topological polar surface area (TPSA) is 135 Å². The van der Waals surface area contributed by atoms with Gasteiger partial charge in [-0.05, 0) is 18.9 Å². The number of fused-ring (bicyclic) bond motifs is 1. The average Bonchev–Trinajstić information content (AvgIpc) is 3.13. The Morgan fingerprint density at radius 3 is 2.73 bits per heavy atom. The molecule has 0 atom stereocenters. The molecule has 0 saturated heterocycles. The summed E-state index contributed by atoms with van der Waals surface area (Å²) in [4.78, 5) is 33.6. The molecule has 10 heteroatoms. The van der Waals surface area contributed by atoms with Gasteiger partial charge in [-0.2, -0.15) is 8.75 Å². The molecular formula is C12H10N4O5S. The maximum absolute atomic E-state index is 12.1. The molecule has 1 heterocycles. The third-order valence-electron chi connectivity index (χ3n) is 3.69. The zero-order valence-corrected chi connectivity index (χ0v) is 11.9. The van der Waals surface area contributed by atoms with Gasteiger partial charge in [0.15, 0.2) is 5.52 Å². The van der Waals surface area contributed by atoms with Gasteiger partial charge in [-0.3, -0.25) is 19.7 Å². The number of aliphatic carboxylic acids is 1. The quantitative estimate of drug-likeness (QED) is 0.623. The van der Waals surface area contributed by atoms with Crippen LogP contribution in [-0.2, 0) is 4.79 Å². The van der Waals surface area contributed by atoms with Crippen LogP contribution in [0.1, 0.15) is 23.2 Å². The van der Waals surface area contributed by atoms with Crippen LogP contribution in [0, 0.1) is 15.5 Å². The Bertz CT molecular complexity index is 798. The number of carbonyl (C=O) groups is 2. The van der Waals surface area contributed by atoms with Crippen LogP contribution in [0.3, 0.4) is 0 Å². The van der Waals surface area contributed by atoms with E-state index in [1.54, 1.807) is 0 Å². The third-order valence-corrected chi connectivity index (χ3v) is 4.24. The van der Waals surface area contributed by atoms with Crippen molar-refractivity contribution >= 4 is 40.3 Å². The first-order valence-electron chi connectivity index (χ1n) is 6.35. The predicted molar refractivity (Wildman–Crippen MR) is 75.7 cm³/mol. The van der Waals surface area contributed by atoms with Crippen LogP contribution in [-0.4, -0.2) is 37.2 Å². The number of non-ortho nitro benzene ring substituents is 1. The second-order valence-corrected chi connectivity index (χ2v) is 5.68. The third kappa shape index (κ3) is 2.37. The Balaban J connectivity index is 1.85. The highest BCUT2D eigenvalue weighted by molar-refractivity contribution is 7.00. The van der Waals surface area contributed by atoms with Gasteiger partial charge in [0.1, 0.15) is 5.52 Å². The number of hydrogen-bond donors (Lipinski definition) is 2. The normalized spacial score (nSPS) is 15.5. The number of nitro groups is 1. The van der Waals surface area contributed by atoms with Crippen molar-refractivity contribution in [2.24, 2.45) is 5.41 Å². The van der Waals surface area contributed by atoms with Gasteiger partial charge in [-0.1, -0.05) is 0 Å². The number of nitrogens with one attached hydrogen (secondary N) is 1. The van der Waals surface area contributed by atoms with Gasteiger partial charge in [0.05, 0.1) is 22.1 Å². The Hall–Kier alpha value is -2.62. The van der Waals surface area contributed by atoms with E-state index in [2.05, 4.69) is 14.1 Å². The molecular weight excluding hydrogens is 312 g/mol. The lowest BCUT2D eigenvalue weighted by Crippen LogP contribution is -2.34. The first-order valence-corrected chi connectivity index (χ1v) is 7.08. The highest BCUT2D eigenvalue weighted by atomic mass is 32.1. The average molecular weight is 322 g/mol. The summed E-state index contributed by atoms with van der Waals surface area (Å²) in [5.41, 5.74) is -0.725. The molecule has 1 aliphatic carbocycles. The molecule has 1 fully saturated rings. The molecule has 0 aliphatic heterocycles. The Morgan fingerprint density at radius 1 is 1.41 bits per heavy atom. The van der Waals surface area contributed by atoms with Gasteiger partial charge >= 0.3 is 5.97 Å². The van der Waals surface area contributed by atoms with Gasteiger partial charge in [-0.25, -0.2) is 0 Å². The number of carbonyl (C=O) groups excluding carboxylic acids is 1. The first-order chi connectivity index (χ1) is 10.4. The van der Waals surface area contributed by atoms with E-state index in [1.807, 2.05) is 0 Å². The summed E-state index contributed by atoms with van der Waals surface area (Å²) in [6.45, 7) is 0.00230. The van der Waals surface area contributed by atoms with Crippen LogP contribution < -0.4 is 5.32 Å². The fourth-order valence-corrected chi connectivity index (χ4v) is 2.65. The van der Waals surface area contributed by atoms with Crippen molar-refractivity contribution in [3.05, 3.63) is 27.8 Å². The number of carboxylic acid groups (broad SMARTS) is 1. The molecule has 1 aliphatic rings. The smallest absolute Gasteiger partial charge is 0.311 e. The minimum absolute atomic E-state index is 0.00230. The lowest BCUT2D eigenvalue weighted by atomic mass is 10.1. The van der Waals surface area contributed by atoms with Crippen molar-refractivity contribution in [3.8, 4) is 0 Å². The summed E-state index contributed by atoms with van der Waals surface area (Å²) in [5.74, 6) is -1.51. The van der Waals surface area contributed by atoms with Crippen LogP contribution in [0.5, 0.6) is 0 Å². The van der Waals surface area contributed by atoms with Gasteiger partial charge in [-0.15, -0.1) is 0 Å². The number of aromatic nitrogens is 2. The molecule has 0 radical (unpaired) electrons. The molecule has 2 N–H and O–H groups in total. The van der Waals surface area contributed by atoms with E-state index in [-0.39, 0.29) is 28.8 Å². The highest BCUT2D eigenvalue weighted by Gasteiger charge is 2.50. The van der Waals surface area contributed by atoms with Crippen LogP contribution in [0.15, 0.2) is 12.1 Å². The fourth-order valence-electron chi connectivity index (χ4n) is 2.11. The zero-order chi connectivity index (χ0) is 15.9. The van der Waals surface area contributed by atoms with Crippen LogP contribution in [0.4, 0.5) is 5.69 Å². The highest BCUT2D eigenvalue weighted by Crippen LogP contribution is 2.45. The number of nitrogens with zero attached hydrogens (tertiary/aromatic N) is 3. The fraction of sp³-hybridized carbons (Fsp3) is 0.333. The zero-order valence-electron chi connectivity index (χ0n) is 11.1. The second kappa shape index (κ2) is 4.98. The molecule has 0 spiro atoms. The standard InChI is InChI=1S/C12H10N4O5S/c17-10(13-5-12(1-2-12)11(18)19)6-3-7-9(15-22-14-7)8(4-6)16(20)21/h3-4H,1-2,5H2,(H,13,17)(H,18,19). The van der Waals surface area contributed by atoms with Gasteiger partial charge < -0.3 is 10.4 Å². The van der Waals surface area contributed by atoms with E-state index in [0.717, 1.165) is 17.8 Å². The molecule has 9 nitrogen and oxygen atoms in total. The molecule has 0 unspecified atom stereocenters. The summed E-state index contributed by atoms with van der Waals surface area (Å²) in [7, 11) is 0. The van der Waals surface area contributed by atoms with Crippen molar-refractivity contribution in [1.82, 2.24) is 14.1 Å². The molecule has 3 rings (SSSR count). The van der Waals surface area contributed by atoms with E-state index < -0.39 is 22.2 Å². The van der Waals surface area contributed by atoms with E-state index in [1.165, 1.54) is 6.07 Å². The van der Waals surface area contributed by atoms with Gasteiger partial charge in [0.25, 0.3) is 11.6 Å². The summed E-state index contributed by atoms with van der Waals surface area (Å²) in [5, 5.41) is 22.6. The van der Waals surface area contributed by atoms with Crippen molar-refractivity contribution in [2.45, 2.75) is 12.8 Å². The van der Waals surface area contributed by atoms with E-state index in [0.29, 0.717) is 12.8 Å². The van der Waals surface area contributed by atoms with Crippen molar-refractivity contribution < 1.29 is 19.6 Å². The molecule has 2 aromatic rings. The largest absolute Gasteiger partial charge is 0.481 e. The molecule has 1 aromatic carbocycles. The maximum atomic E-state index is 12.1. The maximum Gasteiger partial charge on any atom is 0.311 e. The molecule has 1 amide bonds. The van der Waals surface area contributed by atoms with E-state index in [4.69, 9.17) is 5.11 Å². The van der Waals surface area contributed by atoms with Crippen LogP contribution in [0.25, 0.3) is 11.0 Å². The van der Waals surface area contributed by atoms with Crippen molar-refractivity contribution in [2.75, 3.05) is 6.54 Å². The summed E-state index contributed by atoms with van der Waals surface area (Å²) >= 11 is 0.823. The van der Waals surface area contributed by atoms with E-state index >= 15 is 0 Å². The van der Waals surface area contributed by atoms with Crippen molar-refractivity contribution in [1.29, 1.82) is 0 Å². The number of hydrogen-bond acceptors (Lipinski definition) is 7. The summed E-state index contributed by atoms with van der Waals surface area (Å²) in [6, 6.07) is 2.53. The number of amides is 1. The Labute approximate surface area is 127 Å². The lowest BCUT2D eigenvalue weighted by Gasteiger charge is -2.11.